The fourth-order valence-corrected chi connectivity index (χ4v) is 2.90. The lowest BCUT2D eigenvalue weighted by Gasteiger charge is -2.18. The van der Waals surface area contributed by atoms with Gasteiger partial charge in [0.15, 0.2) is 0 Å². The lowest BCUT2D eigenvalue weighted by molar-refractivity contribution is -0.114. The minimum absolute atomic E-state index is 0.0165. The summed E-state index contributed by atoms with van der Waals surface area (Å²) >= 11 is 2.13. The van der Waals surface area contributed by atoms with Gasteiger partial charge in [-0.25, -0.2) is 0 Å². The van der Waals surface area contributed by atoms with Gasteiger partial charge in [-0.1, -0.05) is 6.07 Å². The summed E-state index contributed by atoms with van der Waals surface area (Å²) in [5.74, 6) is -0.822. The molecule has 0 aliphatic carbocycles. The number of carbonyl (C=O) groups is 2. The first kappa shape index (κ1) is 16.3. The second-order valence-corrected chi connectivity index (χ2v) is 6.55. The molecule has 1 aliphatic rings. The van der Waals surface area contributed by atoms with Crippen LogP contribution in [-0.4, -0.2) is 16.9 Å². The Bertz CT molecular complexity index is 877. The molecule has 0 aromatic heterocycles. The van der Waals surface area contributed by atoms with Gasteiger partial charge >= 0.3 is 0 Å². The first-order valence-corrected chi connectivity index (χ1v) is 8.20. The highest BCUT2D eigenvalue weighted by atomic mass is 127. The van der Waals surface area contributed by atoms with Gasteiger partial charge in [0.05, 0.1) is 11.3 Å². The number of nitrogens with two attached hydrogens (primary N) is 1. The molecule has 3 rings (SSSR count). The van der Waals surface area contributed by atoms with Crippen LogP contribution in [0.4, 0.5) is 5.69 Å². The number of rotatable bonds is 3. The molecule has 1 aliphatic heterocycles. The average Bonchev–Trinajstić information content (AvgIpc) is 2.53. The van der Waals surface area contributed by atoms with Gasteiger partial charge in [0.2, 0.25) is 0 Å². The summed E-state index contributed by atoms with van der Waals surface area (Å²) in [7, 11) is 0. The highest BCUT2D eigenvalue weighted by Gasteiger charge is 2.27. The lowest BCUT2D eigenvalue weighted by atomic mass is 9.95. The molecule has 0 fully saturated rings. The summed E-state index contributed by atoms with van der Waals surface area (Å²) in [5.41, 5.74) is 8.15. The van der Waals surface area contributed by atoms with Crippen LogP contribution < -0.4 is 16.4 Å². The van der Waals surface area contributed by atoms with E-state index in [2.05, 4.69) is 33.2 Å². The molecule has 1 heterocycles. The molecule has 0 unspecified atom stereocenters. The maximum Gasteiger partial charge on any atom is 0.260 e. The molecule has 0 spiro atoms. The molecule has 2 aromatic rings. The number of phenolic OH excluding ortho intramolecular Hbond substituents is 1. The summed E-state index contributed by atoms with van der Waals surface area (Å²) in [6.45, 7) is 0.401. The highest BCUT2D eigenvalue weighted by molar-refractivity contribution is 14.1. The number of anilines is 1. The molecular weight excluding hydrogens is 421 g/mol. The van der Waals surface area contributed by atoms with Crippen LogP contribution in [0.25, 0.3) is 5.57 Å². The van der Waals surface area contributed by atoms with Crippen molar-refractivity contribution in [1.82, 2.24) is 10.6 Å². The zero-order valence-corrected chi connectivity index (χ0v) is 14.6. The largest absolute Gasteiger partial charge is 0.506 e. The van der Waals surface area contributed by atoms with Gasteiger partial charge < -0.3 is 16.2 Å². The number of hydrogen-bond donors (Lipinski definition) is 4. The van der Waals surface area contributed by atoms with E-state index in [9.17, 15) is 14.7 Å². The Morgan fingerprint density at radius 1 is 1.12 bits per heavy atom. The van der Waals surface area contributed by atoms with E-state index in [1.54, 1.807) is 36.5 Å². The maximum absolute atomic E-state index is 12.1. The van der Waals surface area contributed by atoms with Crippen molar-refractivity contribution >= 4 is 45.7 Å². The molecule has 5 N–H and O–H groups in total. The molecular formula is C17H14IN3O3. The number of nitrogen functional groups attached to an aromatic ring is 1. The van der Waals surface area contributed by atoms with Crippen LogP contribution in [0.1, 0.15) is 21.5 Å². The van der Waals surface area contributed by atoms with E-state index in [1.807, 2.05) is 6.07 Å². The van der Waals surface area contributed by atoms with Crippen LogP contribution in [0.15, 0.2) is 42.6 Å². The molecule has 0 saturated heterocycles. The monoisotopic (exact) mass is 435 g/mol. The van der Waals surface area contributed by atoms with Gasteiger partial charge in [-0.15, -0.1) is 0 Å². The number of aromatic hydroxyl groups is 1. The fraction of sp³-hybridized carbons (Fsp3) is 0.0588. The topological polar surface area (TPSA) is 104 Å². The maximum atomic E-state index is 12.1. The molecule has 0 atom stereocenters. The number of halogens is 1. The van der Waals surface area contributed by atoms with E-state index in [4.69, 9.17) is 5.73 Å². The molecule has 0 bridgehead atoms. The normalized spacial score (nSPS) is 15.1. The predicted molar refractivity (Wildman–Crippen MR) is 99.0 cm³/mol. The van der Waals surface area contributed by atoms with Crippen molar-refractivity contribution in [1.29, 1.82) is 0 Å². The van der Waals surface area contributed by atoms with Crippen molar-refractivity contribution in [3.8, 4) is 5.75 Å². The number of nitrogens with one attached hydrogen (secondary N) is 2. The summed E-state index contributed by atoms with van der Waals surface area (Å²) in [6.07, 6.45) is 1.57. The number of hydrogen-bond acceptors (Lipinski definition) is 5. The van der Waals surface area contributed by atoms with Crippen LogP contribution in [0, 0.1) is 3.57 Å². The van der Waals surface area contributed by atoms with Crippen LogP contribution in [0.2, 0.25) is 0 Å². The van der Waals surface area contributed by atoms with Gasteiger partial charge in [0, 0.05) is 27.4 Å². The molecule has 2 amide bonds. The number of fused-ring (bicyclic) bond motifs is 1. The molecule has 122 valence electrons. The van der Waals surface area contributed by atoms with Crippen molar-refractivity contribution < 1.29 is 14.7 Å². The van der Waals surface area contributed by atoms with Crippen LogP contribution >= 0.6 is 22.6 Å². The van der Waals surface area contributed by atoms with E-state index in [0.717, 1.165) is 9.13 Å². The zero-order valence-electron chi connectivity index (χ0n) is 12.5. The van der Waals surface area contributed by atoms with Crippen molar-refractivity contribution in [2.45, 2.75) is 6.54 Å². The first-order chi connectivity index (χ1) is 11.5. The molecule has 7 heteroatoms. The van der Waals surface area contributed by atoms with Crippen LogP contribution in [0.5, 0.6) is 5.75 Å². The smallest absolute Gasteiger partial charge is 0.260 e. The number of imide groups is 1. The third-order valence-corrected chi connectivity index (χ3v) is 4.31. The zero-order chi connectivity index (χ0) is 17.3. The summed E-state index contributed by atoms with van der Waals surface area (Å²) in [6, 6.07) is 10.3. The second-order valence-electron chi connectivity index (χ2n) is 5.31. The lowest BCUT2D eigenvalue weighted by Crippen LogP contribution is -2.37. The van der Waals surface area contributed by atoms with E-state index >= 15 is 0 Å². The fourth-order valence-electron chi connectivity index (χ4n) is 2.41. The molecule has 24 heavy (non-hydrogen) atoms. The van der Waals surface area contributed by atoms with E-state index in [-0.39, 0.29) is 5.75 Å². The Morgan fingerprint density at radius 3 is 2.67 bits per heavy atom. The van der Waals surface area contributed by atoms with Crippen molar-refractivity contribution in [2.75, 3.05) is 5.73 Å². The third kappa shape index (κ3) is 3.21. The quantitative estimate of drug-likeness (QED) is 0.194. The minimum Gasteiger partial charge on any atom is -0.506 e. The van der Waals surface area contributed by atoms with E-state index in [0.29, 0.717) is 28.9 Å². The van der Waals surface area contributed by atoms with E-state index < -0.39 is 11.8 Å². The summed E-state index contributed by atoms with van der Waals surface area (Å²) in [4.78, 5) is 24.0. The van der Waals surface area contributed by atoms with Crippen LogP contribution in [-0.2, 0) is 11.3 Å². The summed E-state index contributed by atoms with van der Waals surface area (Å²) < 4.78 is 0.934. The molecule has 6 nitrogen and oxygen atoms in total. The number of carbonyl (C=O) groups excluding carboxylic acids is 2. The minimum atomic E-state index is -0.442. The molecule has 0 saturated carbocycles. The predicted octanol–water partition coefficient (Wildman–Crippen LogP) is 1.98. The second kappa shape index (κ2) is 6.52. The molecule has 0 radical (unpaired) electrons. The van der Waals surface area contributed by atoms with Crippen molar-refractivity contribution in [3.05, 3.63) is 62.9 Å². The standard InChI is InChI=1S/C17H14IN3O3/c18-10-2-3-11-12(6-10)13(17(24)21-16(11)23)8-20-7-9-1-4-14(19)15(22)5-9/h1-6,8,20,22H,7,19H2,(H,21,23,24). The number of phenols is 1. The third-order valence-electron chi connectivity index (χ3n) is 3.64. The van der Waals surface area contributed by atoms with Gasteiger partial charge in [0.25, 0.3) is 11.8 Å². The Morgan fingerprint density at radius 2 is 1.92 bits per heavy atom. The Balaban J connectivity index is 1.85. The Kier molecular flexibility index (Phi) is 4.43. The first-order valence-electron chi connectivity index (χ1n) is 7.12. The van der Waals surface area contributed by atoms with Gasteiger partial charge in [-0.3, -0.25) is 14.9 Å². The SMILES string of the molecule is Nc1ccc(CNC=C2C(=O)NC(=O)c3ccc(I)cc32)cc1O. The number of amides is 2. The Hall–Kier alpha value is -2.55. The highest BCUT2D eigenvalue weighted by Crippen LogP contribution is 2.25. The average molecular weight is 435 g/mol. The number of benzene rings is 2. The van der Waals surface area contributed by atoms with Crippen molar-refractivity contribution in [2.24, 2.45) is 0 Å². The van der Waals surface area contributed by atoms with Crippen LogP contribution in [0.3, 0.4) is 0 Å². The van der Waals surface area contributed by atoms with Gasteiger partial charge in [-0.05, 0) is 58.5 Å². The summed E-state index contributed by atoms with van der Waals surface area (Å²) in [5, 5.41) is 15.0. The van der Waals surface area contributed by atoms with Gasteiger partial charge in [0.1, 0.15) is 5.75 Å². The Labute approximate surface area is 151 Å². The molecule has 2 aromatic carbocycles. The van der Waals surface area contributed by atoms with Crippen molar-refractivity contribution in [3.63, 3.8) is 0 Å². The van der Waals surface area contributed by atoms with E-state index in [1.165, 1.54) is 0 Å². The van der Waals surface area contributed by atoms with Gasteiger partial charge in [-0.2, -0.15) is 0 Å².